The Morgan fingerprint density at radius 1 is 1.21 bits per heavy atom. The predicted molar refractivity (Wildman–Crippen MR) is 119 cm³/mol. The second-order valence-corrected chi connectivity index (χ2v) is 13.3. The van der Waals surface area contributed by atoms with Crippen LogP contribution in [-0.2, 0) is 27.8 Å². The zero-order valence-corrected chi connectivity index (χ0v) is 19.3. The van der Waals surface area contributed by atoms with Gasteiger partial charge in [0.05, 0.1) is 11.8 Å². The van der Waals surface area contributed by atoms with Crippen molar-refractivity contribution in [1.29, 1.82) is 0 Å². The number of hydrogen-bond acceptors (Lipinski definition) is 5. The molecule has 6 nitrogen and oxygen atoms in total. The van der Waals surface area contributed by atoms with Crippen LogP contribution >= 0.6 is 0 Å². The molecule has 0 aliphatic carbocycles. The van der Waals surface area contributed by atoms with E-state index in [0.29, 0.717) is 5.92 Å². The fraction of sp³-hybridized carbons (Fsp3) is 0.714. The Bertz CT molecular complexity index is 753. The Kier molecular flexibility index (Phi) is 7.34. The van der Waals surface area contributed by atoms with E-state index in [-0.39, 0.29) is 35.2 Å². The van der Waals surface area contributed by atoms with Crippen LogP contribution in [0.2, 0.25) is 0 Å². The lowest BCUT2D eigenvalue weighted by Crippen LogP contribution is -2.54. The molecule has 2 aliphatic rings. The molecule has 2 heterocycles. The van der Waals surface area contributed by atoms with E-state index in [1.54, 1.807) is 4.31 Å². The molecule has 3 N–H and O–H groups in total. The number of nitrogens with one attached hydrogen (secondary N) is 1. The fourth-order valence-corrected chi connectivity index (χ4v) is 7.40. The first-order chi connectivity index (χ1) is 13.6. The van der Waals surface area contributed by atoms with E-state index in [1.165, 1.54) is 5.56 Å². The van der Waals surface area contributed by atoms with Gasteiger partial charge in [-0.25, -0.2) is 8.42 Å². The Balaban J connectivity index is 1.78. The van der Waals surface area contributed by atoms with Gasteiger partial charge in [0.25, 0.3) is 0 Å². The molecule has 0 amide bonds. The minimum absolute atomic E-state index is 0.0183. The maximum absolute atomic E-state index is 12.9. The van der Waals surface area contributed by atoms with E-state index in [9.17, 15) is 13.0 Å². The third-order valence-electron chi connectivity index (χ3n) is 6.08. The third-order valence-corrected chi connectivity index (χ3v) is 9.70. The molecule has 2 aliphatic heterocycles. The van der Waals surface area contributed by atoms with Crippen molar-refractivity contribution in [2.75, 3.05) is 12.3 Å². The molecule has 2 saturated heterocycles. The third kappa shape index (κ3) is 5.54. The van der Waals surface area contributed by atoms with Crippen molar-refractivity contribution in [1.82, 2.24) is 9.03 Å². The van der Waals surface area contributed by atoms with Crippen LogP contribution < -0.4 is 10.5 Å². The van der Waals surface area contributed by atoms with Gasteiger partial charge in [-0.15, -0.1) is 4.72 Å². The van der Waals surface area contributed by atoms with Crippen molar-refractivity contribution >= 4 is 21.4 Å². The summed E-state index contributed by atoms with van der Waals surface area (Å²) in [6, 6.07) is 10.4. The second kappa shape index (κ2) is 9.24. The van der Waals surface area contributed by atoms with Gasteiger partial charge in [0.1, 0.15) is 4.75 Å². The zero-order valence-electron chi connectivity index (χ0n) is 17.7. The highest BCUT2D eigenvalue weighted by atomic mass is 32.2. The van der Waals surface area contributed by atoms with Crippen LogP contribution in [0.25, 0.3) is 0 Å². The molecule has 8 heteroatoms. The standard InChI is InChI=1S/C21H35N3O3S2/c1-21(2,3)28(25)23-20(13-16-7-5-4-6-8-16)17-14-18-9-10-19(15-17)24(18)29(26,27)12-11-22/h4-8,17-20,23H,9-15,22H2,1-3H3/t17?,18-,19+,20-,28?/m1/s1. The maximum atomic E-state index is 12.9. The first-order valence-electron chi connectivity index (χ1n) is 10.5. The minimum atomic E-state index is -3.30. The average molecular weight is 442 g/mol. The fourth-order valence-electron chi connectivity index (χ4n) is 4.70. The van der Waals surface area contributed by atoms with Gasteiger partial charge in [0.15, 0.2) is 0 Å². The first-order valence-corrected chi connectivity index (χ1v) is 13.3. The number of benzene rings is 1. The van der Waals surface area contributed by atoms with E-state index >= 15 is 0 Å². The SMILES string of the molecule is CC(C)(C)[S+]([O-])N[C@H](Cc1ccccc1)C1C[C@H]2CC[C@@H](C1)N2S(=O)(=O)CCN. The van der Waals surface area contributed by atoms with E-state index in [1.807, 2.05) is 39.0 Å². The van der Waals surface area contributed by atoms with Crippen LogP contribution in [0.3, 0.4) is 0 Å². The molecule has 29 heavy (non-hydrogen) atoms. The number of nitrogens with zero attached hydrogens (tertiary/aromatic N) is 1. The second-order valence-electron chi connectivity index (χ2n) is 9.35. The van der Waals surface area contributed by atoms with Gasteiger partial charge in [0.2, 0.25) is 10.0 Å². The van der Waals surface area contributed by atoms with Gasteiger partial charge in [-0.3, -0.25) is 0 Å². The summed E-state index contributed by atoms with van der Waals surface area (Å²) in [5.74, 6) is 0.313. The summed E-state index contributed by atoms with van der Waals surface area (Å²) in [4.78, 5) is 0. The molecule has 0 saturated carbocycles. The molecule has 2 unspecified atom stereocenters. The number of sulfonamides is 1. The molecule has 1 aromatic rings. The Hall–Kier alpha value is -0.640. The van der Waals surface area contributed by atoms with E-state index < -0.39 is 21.4 Å². The maximum Gasteiger partial charge on any atom is 0.215 e. The van der Waals surface area contributed by atoms with Crippen molar-refractivity contribution in [3.63, 3.8) is 0 Å². The van der Waals surface area contributed by atoms with Crippen LogP contribution in [0, 0.1) is 5.92 Å². The Labute approximate surface area is 179 Å². The molecule has 2 fully saturated rings. The molecule has 164 valence electrons. The van der Waals surface area contributed by atoms with E-state index in [2.05, 4.69) is 16.9 Å². The molecular formula is C21H35N3O3S2. The highest BCUT2D eigenvalue weighted by Gasteiger charge is 2.48. The van der Waals surface area contributed by atoms with Crippen molar-refractivity contribution in [2.24, 2.45) is 11.7 Å². The summed E-state index contributed by atoms with van der Waals surface area (Å²) in [5, 5.41) is 0. The molecular weight excluding hydrogens is 406 g/mol. The summed E-state index contributed by atoms with van der Waals surface area (Å²) in [6.45, 7) is 6.08. The first kappa shape index (κ1) is 23.0. The van der Waals surface area contributed by atoms with Crippen LogP contribution in [0.1, 0.15) is 52.0 Å². The zero-order chi connectivity index (χ0) is 21.2. The van der Waals surface area contributed by atoms with Gasteiger partial charge < -0.3 is 10.3 Å². The molecule has 0 radical (unpaired) electrons. The number of hydrogen-bond donors (Lipinski definition) is 2. The number of piperidine rings is 1. The van der Waals surface area contributed by atoms with E-state index in [4.69, 9.17) is 5.73 Å². The lowest BCUT2D eigenvalue weighted by molar-refractivity contribution is 0.165. The summed E-state index contributed by atoms with van der Waals surface area (Å²) in [6.07, 6.45) is 4.23. The molecule has 3 rings (SSSR count). The van der Waals surface area contributed by atoms with Gasteiger partial charge >= 0.3 is 0 Å². The van der Waals surface area contributed by atoms with E-state index in [0.717, 1.165) is 32.1 Å². The normalized spacial score (nSPS) is 27.7. The number of nitrogens with two attached hydrogens (primary N) is 1. The smallest absolute Gasteiger partial charge is 0.215 e. The van der Waals surface area contributed by atoms with Crippen molar-refractivity contribution in [3.8, 4) is 0 Å². The van der Waals surface area contributed by atoms with Crippen LogP contribution in [0.15, 0.2) is 30.3 Å². The van der Waals surface area contributed by atoms with Crippen molar-refractivity contribution in [3.05, 3.63) is 35.9 Å². The van der Waals surface area contributed by atoms with Gasteiger partial charge in [-0.2, -0.15) is 4.31 Å². The average Bonchev–Trinajstić information content (AvgIpc) is 2.93. The summed E-state index contributed by atoms with van der Waals surface area (Å²) in [5.41, 5.74) is 6.75. The topological polar surface area (TPSA) is 98.5 Å². The Morgan fingerprint density at radius 3 is 2.31 bits per heavy atom. The number of rotatable bonds is 8. The highest BCUT2D eigenvalue weighted by molar-refractivity contribution is 7.90. The van der Waals surface area contributed by atoms with Gasteiger partial charge in [-0.05, 0) is 64.4 Å². The van der Waals surface area contributed by atoms with Crippen LogP contribution in [0.4, 0.5) is 0 Å². The number of fused-ring (bicyclic) bond motifs is 2. The molecule has 0 aromatic heterocycles. The largest absolute Gasteiger partial charge is 0.598 e. The summed E-state index contributed by atoms with van der Waals surface area (Å²) >= 11 is -1.17. The highest BCUT2D eigenvalue weighted by Crippen LogP contribution is 2.42. The molecule has 0 spiro atoms. The van der Waals surface area contributed by atoms with Crippen LogP contribution in [-0.4, -0.2) is 52.4 Å². The van der Waals surface area contributed by atoms with Crippen molar-refractivity contribution < 1.29 is 13.0 Å². The van der Waals surface area contributed by atoms with Gasteiger partial charge in [-0.1, -0.05) is 30.3 Å². The monoisotopic (exact) mass is 441 g/mol. The van der Waals surface area contributed by atoms with Crippen LogP contribution in [0.5, 0.6) is 0 Å². The predicted octanol–water partition coefficient (Wildman–Crippen LogP) is 2.18. The van der Waals surface area contributed by atoms with Gasteiger partial charge in [0, 0.05) is 30.0 Å². The molecule has 2 bridgehead atoms. The minimum Gasteiger partial charge on any atom is -0.598 e. The molecule has 5 atom stereocenters. The quantitative estimate of drug-likeness (QED) is 0.603. The summed E-state index contributed by atoms with van der Waals surface area (Å²) in [7, 11) is -3.30. The molecule has 1 aromatic carbocycles. The Morgan fingerprint density at radius 2 is 1.79 bits per heavy atom. The van der Waals surface area contributed by atoms with Crippen molar-refractivity contribution in [2.45, 2.75) is 75.7 Å². The lowest BCUT2D eigenvalue weighted by atomic mass is 9.84. The lowest BCUT2D eigenvalue weighted by Gasteiger charge is -2.41. The summed E-state index contributed by atoms with van der Waals surface area (Å²) < 4.78 is 43.1.